The van der Waals surface area contributed by atoms with Crippen LogP contribution in [0.5, 0.6) is 5.75 Å². The highest BCUT2D eigenvalue weighted by Gasteiger charge is 2.01. The van der Waals surface area contributed by atoms with Crippen molar-refractivity contribution in [3.05, 3.63) is 48.7 Å². The van der Waals surface area contributed by atoms with E-state index in [-0.39, 0.29) is 0 Å². The monoisotopic (exact) mass is 385 g/mol. The van der Waals surface area contributed by atoms with Crippen LogP contribution in [0.2, 0.25) is 0 Å². The van der Waals surface area contributed by atoms with Gasteiger partial charge in [-0.25, -0.2) is 4.98 Å². The van der Waals surface area contributed by atoms with Gasteiger partial charge in [-0.3, -0.25) is 4.99 Å². The number of nitrogens with one attached hydrogen (secondary N) is 3. The van der Waals surface area contributed by atoms with Crippen molar-refractivity contribution < 1.29 is 9.47 Å². The largest absolute Gasteiger partial charge is 0.493 e. The molecule has 0 radical (unpaired) electrons. The molecule has 152 valence electrons. The molecule has 0 aliphatic rings. The molecule has 0 saturated carbocycles. The molecule has 0 saturated heterocycles. The van der Waals surface area contributed by atoms with Crippen LogP contribution >= 0.6 is 0 Å². The summed E-state index contributed by atoms with van der Waals surface area (Å²) in [6, 6.07) is 13.7. The molecule has 7 nitrogen and oxygen atoms in total. The molecule has 0 unspecified atom stereocenters. The molecule has 7 heteroatoms. The van der Waals surface area contributed by atoms with Crippen molar-refractivity contribution in [3.8, 4) is 5.75 Å². The molecule has 0 bridgehead atoms. The van der Waals surface area contributed by atoms with Crippen molar-refractivity contribution in [2.75, 3.05) is 51.1 Å². The Hall–Kier alpha value is -2.80. The summed E-state index contributed by atoms with van der Waals surface area (Å²) in [7, 11) is 3.46. The fraction of sp³-hybridized carbons (Fsp3) is 0.429. The summed E-state index contributed by atoms with van der Waals surface area (Å²) in [5.41, 5.74) is 0.939. The molecule has 1 aromatic heterocycles. The van der Waals surface area contributed by atoms with Crippen LogP contribution in [0.1, 0.15) is 19.3 Å². The summed E-state index contributed by atoms with van der Waals surface area (Å²) in [6.07, 6.45) is 4.74. The Morgan fingerprint density at radius 1 is 1.04 bits per heavy atom. The number of unbranched alkanes of at least 4 members (excludes halogenated alkanes) is 1. The maximum atomic E-state index is 5.73. The molecule has 0 aliphatic carbocycles. The Morgan fingerprint density at radius 2 is 1.93 bits per heavy atom. The van der Waals surface area contributed by atoms with Crippen molar-refractivity contribution in [1.82, 2.24) is 10.3 Å². The van der Waals surface area contributed by atoms with E-state index in [2.05, 4.69) is 25.9 Å². The molecular weight excluding hydrogens is 354 g/mol. The van der Waals surface area contributed by atoms with Gasteiger partial charge in [-0.1, -0.05) is 12.1 Å². The molecule has 0 atom stereocenters. The SMILES string of the molecule is CN=C(NCCCCNc1ccccn1)Nc1cccc(OCCCOC)c1. The summed E-state index contributed by atoms with van der Waals surface area (Å²) in [5, 5.41) is 9.94. The maximum Gasteiger partial charge on any atom is 0.195 e. The van der Waals surface area contributed by atoms with E-state index in [0.717, 1.165) is 55.6 Å². The van der Waals surface area contributed by atoms with Gasteiger partial charge in [-0.05, 0) is 37.1 Å². The molecule has 0 amide bonds. The third-order valence-corrected chi connectivity index (χ3v) is 3.95. The predicted octanol–water partition coefficient (Wildman–Crippen LogP) is 3.38. The first-order chi connectivity index (χ1) is 13.8. The molecule has 28 heavy (non-hydrogen) atoms. The lowest BCUT2D eigenvalue weighted by Gasteiger charge is -2.13. The van der Waals surface area contributed by atoms with Crippen molar-refractivity contribution in [2.24, 2.45) is 4.99 Å². The predicted molar refractivity (Wildman–Crippen MR) is 115 cm³/mol. The molecule has 1 heterocycles. The van der Waals surface area contributed by atoms with E-state index < -0.39 is 0 Å². The van der Waals surface area contributed by atoms with Crippen molar-refractivity contribution in [1.29, 1.82) is 0 Å². The van der Waals surface area contributed by atoms with E-state index >= 15 is 0 Å². The minimum Gasteiger partial charge on any atom is -0.493 e. The number of guanidine groups is 1. The van der Waals surface area contributed by atoms with E-state index in [0.29, 0.717) is 13.2 Å². The van der Waals surface area contributed by atoms with Gasteiger partial charge >= 0.3 is 0 Å². The Balaban J connectivity index is 1.65. The Labute approximate surface area is 167 Å². The summed E-state index contributed by atoms with van der Waals surface area (Å²) in [4.78, 5) is 8.52. The topological polar surface area (TPSA) is 79.8 Å². The van der Waals surface area contributed by atoms with E-state index in [4.69, 9.17) is 9.47 Å². The van der Waals surface area contributed by atoms with Crippen molar-refractivity contribution >= 4 is 17.5 Å². The average molecular weight is 386 g/mol. The minimum atomic E-state index is 0.636. The minimum absolute atomic E-state index is 0.636. The van der Waals surface area contributed by atoms with Crippen LogP contribution < -0.4 is 20.7 Å². The Kier molecular flexibility index (Phi) is 10.3. The zero-order chi connectivity index (χ0) is 19.9. The van der Waals surface area contributed by atoms with Crippen LogP contribution in [0.25, 0.3) is 0 Å². The van der Waals surface area contributed by atoms with Crippen LogP contribution in [0, 0.1) is 0 Å². The Bertz CT molecular complexity index is 694. The molecular formula is C21H31N5O2. The second-order valence-electron chi connectivity index (χ2n) is 6.20. The first-order valence-electron chi connectivity index (χ1n) is 9.66. The second kappa shape index (κ2) is 13.4. The van der Waals surface area contributed by atoms with Crippen molar-refractivity contribution in [3.63, 3.8) is 0 Å². The molecule has 2 rings (SSSR count). The number of hydrogen-bond donors (Lipinski definition) is 3. The molecule has 0 spiro atoms. The fourth-order valence-corrected chi connectivity index (χ4v) is 2.51. The van der Waals surface area contributed by atoms with Gasteiger partial charge in [0.15, 0.2) is 5.96 Å². The van der Waals surface area contributed by atoms with Crippen LogP contribution in [-0.4, -0.2) is 51.4 Å². The van der Waals surface area contributed by atoms with Crippen LogP contribution in [-0.2, 0) is 4.74 Å². The molecule has 3 N–H and O–H groups in total. The highest BCUT2D eigenvalue weighted by Crippen LogP contribution is 2.17. The summed E-state index contributed by atoms with van der Waals surface area (Å²) >= 11 is 0. The van der Waals surface area contributed by atoms with Crippen LogP contribution in [0.3, 0.4) is 0 Å². The molecule has 1 aromatic carbocycles. The zero-order valence-corrected chi connectivity index (χ0v) is 16.8. The average Bonchev–Trinajstić information content (AvgIpc) is 2.74. The standard InChI is InChI=1S/C21H31N5O2/c1-22-21(25-14-6-5-13-24-20-11-3-4-12-23-20)26-18-9-7-10-19(17-18)28-16-8-15-27-2/h3-4,7,9-12,17H,5-6,8,13-16H2,1-2H3,(H,23,24)(H2,22,25,26). The second-order valence-corrected chi connectivity index (χ2v) is 6.20. The first kappa shape index (κ1) is 21.5. The normalized spacial score (nSPS) is 11.1. The van der Waals surface area contributed by atoms with Gasteiger partial charge in [0.1, 0.15) is 11.6 Å². The first-order valence-corrected chi connectivity index (χ1v) is 9.66. The third kappa shape index (κ3) is 8.73. The van der Waals surface area contributed by atoms with Crippen molar-refractivity contribution in [2.45, 2.75) is 19.3 Å². The third-order valence-electron chi connectivity index (χ3n) is 3.95. The number of aliphatic imine (C=N–C) groups is 1. The van der Waals surface area contributed by atoms with Gasteiger partial charge in [0.25, 0.3) is 0 Å². The Morgan fingerprint density at radius 3 is 2.71 bits per heavy atom. The van der Waals surface area contributed by atoms with Gasteiger partial charge in [-0.15, -0.1) is 0 Å². The number of rotatable bonds is 12. The zero-order valence-electron chi connectivity index (χ0n) is 16.8. The number of aromatic nitrogens is 1. The number of benzene rings is 1. The van der Waals surface area contributed by atoms with Gasteiger partial charge < -0.3 is 25.4 Å². The highest BCUT2D eigenvalue weighted by atomic mass is 16.5. The number of pyridine rings is 1. The number of ether oxygens (including phenoxy) is 2. The number of anilines is 2. The van der Waals surface area contributed by atoms with E-state index in [1.807, 2.05) is 42.5 Å². The van der Waals surface area contributed by atoms with Crippen LogP contribution in [0.4, 0.5) is 11.5 Å². The maximum absolute atomic E-state index is 5.73. The number of nitrogens with zero attached hydrogens (tertiary/aromatic N) is 2. The van der Waals surface area contributed by atoms with Gasteiger partial charge in [0.05, 0.1) is 6.61 Å². The highest BCUT2D eigenvalue weighted by molar-refractivity contribution is 5.93. The van der Waals surface area contributed by atoms with E-state index in [9.17, 15) is 0 Å². The fourth-order valence-electron chi connectivity index (χ4n) is 2.51. The smallest absolute Gasteiger partial charge is 0.195 e. The van der Waals surface area contributed by atoms with Crippen LogP contribution in [0.15, 0.2) is 53.7 Å². The molecule has 2 aromatic rings. The quantitative estimate of drug-likeness (QED) is 0.295. The lowest BCUT2D eigenvalue weighted by atomic mass is 10.3. The number of methoxy groups -OCH3 is 1. The summed E-state index contributed by atoms with van der Waals surface area (Å²) in [5.74, 6) is 2.49. The molecule has 0 aliphatic heterocycles. The van der Waals surface area contributed by atoms with Gasteiger partial charge in [0.2, 0.25) is 0 Å². The lowest BCUT2D eigenvalue weighted by Crippen LogP contribution is -2.31. The number of hydrogen-bond acceptors (Lipinski definition) is 5. The summed E-state index contributed by atoms with van der Waals surface area (Å²) in [6.45, 7) is 3.08. The van der Waals surface area contributed by atoms with Gasteiger partial charge in [-0.2, -0.15) is 0 Å². The lowest BCUT2D eigenvalue weighted by molar-refractivity contribution is 0.172. The summed E-state index contributed by atoms with van der Waals surface area (Å²) < 4.78 is 10.8. The van der Waals surface area contributed by atoms with E-state index in [1.165, 1.54) is 0 Å². The van der Waals surface area contributed by atoms with E-state index in [1.54, 1.807) is 20.4 Å². The van der Waals surface area contributed by atoms with Gasteiger partial charge in [0, 0.05) is 58.2 Å². The molecule has 0 fully saturated rings.